The maximum absolute atomic E-state index is 13.2. The molecule has 1 aromatic rings. The Morgan fingerprint density at radius 1 is 1.19 bits per heavy atom. The average molecular weight is 228 g/mol. The van der Waals surface area contributed by atoms with Crippen LogP contribution in [0.5, 0.6) is 0 Å². The lowest BCUT2D eigenvalue weighted by atomic mass is 10.1. The first-order chi connectivity index (χ1) is 7.47. The molecule has 0 saturated heterocycles. The first-order valence-electron chi connectivity index (χ1n) is 4.77. The third-order valence-corrected chi connectivity index (χ3v) is 2.15. The number of anilines is 1. The number of nitriles is 1. The van der Waals surface area contributed by atoms with Gasteiger partial charge in [-0.1, -0.05) is 13.8 Å². The zero-order valence-corrected chi connectivity index (χ0v) is 8.89. The summed E-state index contributed by atoms with van der Waals surface area (Å²) in [6.45, 7) is 3.53. The number of hydrogen-bond donors (Lipinski definition) is 1. The van der Waals surface area contributed by atoms with Crippen LogP contribution in [-0.2, 0) is 0 Å². The molecule has 0 bridgehead atoms. The molecule has 0 aliphatic carbocycles. The Labute approximate surface area is 91.7 Å². The van der Waals surface area contributed by atoms with Crippen LogP contribution in [0.4, 0.5) is 18.9 Å². The van der Waals surface area contributed by atoms with Crippen LogP contribution in [0.15, 0.2) is 12.1 Å². The van der Waals surface area contributed by atoms with Crippen molar-refractivity contribution in [1.82, 2.24) is 0 Å². The van der Waals surface area contributed by atoms with Gasteiger partial charge < -0.3 is 5.32 Å². The van der Waals surface area contributed by atoms with Gasteiger partial charge in [0.05, 0.1) is 11.8 Å². The van der Waals surface area contributed by atoms with Gasteiger partial charge in [0.25, 0.3) is 0 Å². The molecule has 5 heteroatoms. The summed E-state index contributed by atoms with van der Waals surface area (Å²) in [5, 5.41) is 11.3. The van der Waals surface area contributed by atoms with E-state index in [0.717, 1.165) is 12.1 Å². The van der Waals surface area contributed by atoms with Gasteiger partial charge in [-0.3, -0.25) is 0 Å². The lowest BCUT2D eigenvalue weighted by molar-refractivity contribution is 0.448. The molecule has 86 valence electrons. The van der Waals surface area contributed by atoms with Gasteiger partial charge in [-0.15, -0.1) is 0 Å². The summed E-state index contributed by atoms with van der Waals surface area (Å²) in [5.74, 6) is -4.16. The van der Waals surface area contributed by atoms with E-state index < -0.39 is 23.5 Å². The summed E-state index contributed by atoms with van der Waals surface area (Å²) in [4.78, 5) is 0. The largest absolute Gasteiger partial charge is 0.367 e. The number of nitrogens with zero attached hydrogens (tertiary/aromatic N) is 1. The van der Waals surface area contributed by atoms with E-state index >= 15 is 0 Å². The van der Waals surface area contributed by atoms with Crippen molar-refractivity contribution < 1.29 is 13.2 Å². The van der Waals surface area contributed by atoms with Gasteiger partial charge in [-0.05, 0) is 18.1 Å². The molecule has 0 aromatic heterocycles. The van der Waals surface area contributed by atoms with Crippen molar-refractivity contribution in [2.24, 2.45) is 5.92 Å². The Kier molecular flexibility index (Phi) is 3.78. The van der Waals surface area contributed by atoms with E-state index in [4.69, 9.17) is 5.26 Å². The smallest absolute Gasteiger partial charge is 0.196 e. The minimum atomic E-state index is -1.54. The van der Waals surface area contributed by atoms with E-state index in [1.165, 1.54) is 0 Å². The van der Waals surface area contributed by atoms with Gasteiger partial charge in [0.1, 0.15) is 6.04 Å². The van der Waals surface area contributed by atoms with Crippen LogP contribution >= 0.6 is 0 Å². The number of benzene rings is 1. The molecule has 1 aromatic carbocycles. The quantitative estimate of drug-likeness (QED) is 0.807. The zero-order valence-electron chi connectivity index (χ0n) is 8.89. The van der Waals surface area contributed by atoms with E-state index in [0.29, 0.717) is 0 Å². The molecule has 0 aliphatic heterocycles. The SMILES string of the molecule is CC(C)C(C#N)Nc1ccc(F)c(F)c1F. The van der Waals surface area contributed by atoms with Crippen molar-refractivity contribution in [2.75, 3.05) is 5.32 Å². The highest BCUT2D eigenvalue weighted by Crippen LogP contribution is 2.21. The fraction of sp³-hybridized carbons (Fsp3) is 0.364. The predicted octanol–water partition coefficient (Wildman–Crippen LogP) is 3.06. The fourth-order valence-electron chi connectivity index (χ4n) is 1.15. The van der Waals surface area contributed by atoms with Crippen molar-refractivity contribution >= 4 is 5.69 Å². The normalized spacial score (nSPS) is 12.3. The second-order valence-corrected chi connectivity index (χ2v) is 3.72. The summed E-state index contributed by atoms with van der Waals surface area (Å²) >= 11 is 0. The highest BCUT2D eigenvalue weighted by Gasteiger charge is 2.17. The standard InChI is InChI=1S/C11H11F3N2/c1-6(2)9(5-15)16-8-4-3-7(12)10(13)11(8)14/h3-4,6,9,16H,1-2H3. The lowest BCUT2D eigenvalue weighted by Crippen LogP contribution is -2.24. The van der Waals surface area contributed by atoms with Crippen molar-refractivity contribution in [2.45, 2.75) is 19.9 Å². The number of halogens is 3. The van der Waals surface area contributed by atoms with Crippen LogP contribution < -0.4 is 5.32 Å². The minimum Gasteiger partial charge on any atom is -0.367 e. The van der Waals surface area contributed by atoms with Crippen LogP contribution in [0.25, 0.3) is 0 Å². The molecule has 1 rings (SSSR count). The predicted molar refractivity (Wildman–Crippen MR) is 54.2 cm³/mol. The van der Waals surface area contributed by atoms with Crippen LogP contribution in [-0.4, -0.2) is 6.04 Å². The average Bonchev–Trinajstić information content (AvgIpc) is 2.25. The first kappa shape index (κ1) is 12.4. The lowest BCUT2D eigenvalue weighted by Gasteiger charge is -2.16. The van der Waals surface area contributed by atoms with Crippen molar-refractivity contribution in [3.8, 4) is 6.07 Å². The molecule has 0 radical (unpaired) electrons. The van der Waals surface area contributed by atoms with Crippen molar-refractivity contribution in [3.05, 3.63) is 29.6 Å². The van der Waals surface area contributed by atoms with Crippen LogP contribution in [0.2, 0.25) is 0 Å². The molecule has 1 unspecified atom stereocenters. The number of rotatable bonds is 3. The van der Waals surface area contributed by atoms with Gasteiger partial charge in [-0.2, -0.15) is 5.26 Å². The number of nitrogens with one attached hydrogen (secondary N) is 1. The molecule has 0 spiro atoms. The van der Waals surface area contributed by atoms with E-state index in [9.17, 15) is 13.2 Å². The van der Waals surface area contributed by atoms with Gasteiger partial charge >= 0.3 is 0 Å². The number of hydrogen-bond acceptors (Lipinski definition) is 2. The molecule has 0 amide bonds. The summed E-state index contributed by atoms with van der Waals surface area (Å²) in [6, 6.07) is 3.15. The Hall–Kier alpha value is -1.70. The van der Waals surface area contributed by atoms with Crippen molar-refractivity contribution in [3.63, 3.8) is 0 Å². The second kappa shape index (κ2) is 4.88. The monoisotopic (exact) mass is 228 g/mol. The molecule has 0 heterocycles. The zero-order chi connectivity index (χ0) is 12.3. The first-order valence-corrected chi connectivity index (χ1v) is 4.77. The van der Waals surface area contributed by atoms with Crippen LogP contribution in [0.1, 0.15) is 13.8 Å². The molecular formula is C11H11F3N2. The summed E-state index contributed by atoms with van der Waals surface area (Å²) < 4.78 is 38.7. The van der Waals surface area contributed by atoms with Crippen molar-refractivity contribution in [1.29, 1.82) is 5.26 Å². The van der Waals surface area contributed by atoms with E-state index in [1.807, 2.05) is 6.07 Å². The summed E-state index contributed by atoms with van der Waals surface area (Å²) in [7, 11) is 0. The summed E-state index contributed by atoms with van der Waals surface area (Å²) in [6.07, 6.45) is 0. The molecule has 16 heavy (non-hydrogen) atoms. The van der Waals surface area contributed by atoms with Crippen LogP contribution in [0.3, 0.4) is 0 Å². The third-order valence-electron chi connectivity index (χ3n) is 2.15. The minimum absolute atomic E-state index is 0.0717. The maximum Gasteiger partial charge on any atom is 0.196 e. The Balaban J connectivity index is 2.99. The molecule has 0 fully saturated rings. The van der Waals surface area contributed by atoms with Gasteiger partial charge in [0.2, 0.25) is 0 Å². The topological polar surface area (TPSA) is 35.8 Å². The van der Waals surface area contributed by atoms with E-state index in [2.05, 4.69) is 5.32 Å². The molecular weight excluding hydrogens is 217 g/mol. The summed E-state index contributed by atoms with van der Waals surface area (Å²) in [5.41, 5.74) is -0.209. The van der Waals surface area contributed by atoms with Gasteiger partial charge in [-0.25, -0.2) is 13.2 Å². The fourth-order valence-corrected chi connectivity index (χ4v) is 1.15. The molecule has 2 nitrogen and oxygen atoms in total. The molecule has 1 N–H and O–H groups in total. The van der Waals surface area contributed by atoms with Gasteiger partial charge in [0.15, 0.2) is 17.5 Å². The Morgan fingerprint density at radius 2 is 1.81 bits per heavy atom. The van der Waals surface area contributed by atoms with E-state index in [1.54, 1.807) is 13.8 Å². The highest BCUT2D eigenvalue weighted by molar-refractivity contribution is 5.47. The Bertz CT molecular complexity index is 424. The van der Waals surface area contributed by atoms with Crippen LogP contribution in [0, 0.1) is 34.7 Å². The Morgan fingerprint density at radius 3 is 2.31 bits per heavy atom. The van der Waals surface area contributed by atoms with Gasteiger partial charge in [0, 0.05) is 0 Å². The van der Waals surface area contributed by atoms with E-state index in [-0.39, 0.29) is 11.6 Å². The molecule has 0 aliphatic rings. The second-order valence-electron chi connectivity index (χ2n) is 3.72. The highest BCUT2D eigenvalue weighted by atomic mass is 19.2. The molecule has 1 atom stereocenters. The third kappa shape index (κ3) is 2.45. The molecule has 0 saturated carbocycles. The maximum atomic E-state index is 13.2.